The molecule has 0 radical (unpaired) electrons. The highest BCUT2D eigenvalue weighted by Gasteiger charge is 2.28. The Kier molecular flexibility index (Phi) is 21.2. The Labute approximate surface area is 178 Å². The number of Topliss-reactive ketones (excluding diaryl/α,β-unsaturated/α-hetero) is 1. The van der Waals surface area contributed by atoms with Crippen LogP contribution in [0.3, 0.4) is 0 Å². The third-order valence-electron chi connectivity index (χ3n) is 3.45. The number of aliphatic hydroxyl groups excluding tert-OH is 5. The number of nitrogens with two attached hydrogens (primary N) is 4. The van der Waals surface area contributed by atoms with E-state index in [1.165, 1.54) is 0 Å². The summed E-state index contributed by atoms with van der Waals surface area (Å²) in [5.41, 5.74) is 20.1. The first-order valence-electron chi connectivity index (χ1n) is 9.00. The zero-order chi connectivity index (χ0) is 25.1. The van der Waals surface area contributed by atoms with E-state index in [9.17, 15) is 19.2 Å². The standard InChI is InChI=1S/C6H12O6.C5H10N2O3.C5H12N2O2/c7-1-3(9)5(11)6(12)4(10)2-8;6-3(5(9)10)1-2-4(7)8;6-3-1-2-4(7)5(8)9/h3,5-9,11-12H,1-2H2;3H,1-2,6H2,(H2,7,8)(H,9,10);4H,1-3,6-7H2,(H,8,9)/t3-,5-,6-;3-;4-/m100/s1. The van der Waals surface area contributed by atoms with E-state index < -0.39 is 67.2 Å². The molecule has 0 aromatic rings. The summed E-state index contributed by atoms with van der Waals surface area (Å²) in [5, 5.41) is 59.5. The van der Waals surface area contributed by atoms with Gasteiger partial charge in [-0.1, -0.05) is 0 Å². The predicted octanol–water partition coefficient (Wildman–Crippen LogP) is -5.58. The molecule has 0 saturated heterocycles. The van der Waals surface area contributed by atoms with E-state index in [0.717, 1.165) is 0 Å². The van der Waals surface area contributed by atoms with Crippen molar-refractivity contribution in [3.63, 3.8) is 0 Å². The summed E-state index contributed by atoms with van der Waals surface area (Å²) in [5.74, 6) is -3.60. The largest absolute Gasteiger partial charge is 0.480 e. The number of amides is 1. The van der Waals surface area contributed by atoms with Crippen LogP contribution < -0.4 is 22.9 Å². The number of aliphatic hydroxyl groups is 5. The molecule has 15 nitrogen and oxygen atoms in total. The smallest absolute Gasteiger partial charge is 0.320 e. The molecule has 0 saturated carbocycles. The van der Waals surface area contributed by atoms with Gasteiger partial charge in [0.05, 0.1) is 6.61 Å². The van der Waals surface area contributed by atoms with Crippen LogP contribution in [-0.4, -0.2) is 110 Å². The molecule has 0 aliphatic carbocycles. The van der Waals surface area contributed by atoms with E-state index in [-0.39, 0.29) is 12.8 Å². The molecular weight excluding hydrogens is 424 g/mol. The first-order valence-corrected chi connectivity index (χ1v) is 9.00. The number of rotatable bonds is 13. The van der Waals surface area contributed by atoms with Crippen LogP contribution in [0.15, 0.2) is 0 Å². The number of carboxylic acids is 2. The van der Waals surface area contributed by atoms with Crippen LogP contribution in [0.2, 0.25) is 0 Å². The number of primary amides is 1. The molecule has 1 amide bonds. The number of aliphatic carboxylic acids is 2. The van der Waals surface area contributed by atoms with Gasteiger partial charge < -0.3 is 58.7 Å². The fraction of sp³-hybridized carbons (Fsp3) is 0.750. The lowest BCUT2D eigenvalue weighted by molar-refractivity contribution is -0.143. The molecule has 0 fully saturated rings. The Hall–Kier alpha value is -2.24. The molecule has 31 heavy (non-hydrogen) atoms. The highest BCUT2D eigenvalue weighted by Crippen LogP contribution is 2.00. The van der Waals surface area contributed by atoms with Crippen molar-refractivity contribution in [1.82, 2.24) is 0 Å². The third kappa shape index (κ3) is 19.5. The van der Waals surface area contributed by atoms with Gasteiger partial charge in [-0.3, -0.25) is 19.2 Å². The van der Waals surface area contributed by atoms with E-state index >= 15 is 0 Å². The molecule has 0 aliphatic heterocycles. The summed E-state index contributed by atoms with van der Waals surface area (Å²) in [6.45, 7) is -1.19. The molecule has 0 unspecified atom stereocenters. The maximum atomic E-state index is 10.5. The van der Waals surface area contributed by atoms with Gasteiger partial charge in [-0.25, -0.2) is 0 Å². The average molecular weight is 458 g/mol. The lowest BCUT2D eigenvalue weighted by Crippen LogP contribution is -2.44. The van der Waals surface area contributed by atoms with Gasteiger partial charge in [-0.2, -0.15) is 0 Å². The molecule has 15 N–H and O–H groups in total. The Morgan fingerprint density at radius 2 is 1.29 bits per heavy atom. The predicted molar refractivity (Wildman–Crippen MR) is 105 cm³/mol. The second kappa shape index (κ2) is 19.7. The molecule has 0 aromatic carbocycles. The van der Waals surface area contributed by atoms with Gasteiger partial charge >= 0.3 is 11.9 Å². The molecule has 5 atom stereocenters. The van der Waals surface area contributed by atoms with Crippen molar-refractivity contribution in [3.8, 4) is 0 Å². The highest BCUT2D eigenvalue weighted by atomic mass is 16.4. The number of hydrogen-bond acceptors (Lipinski definition) is 12. The van der Waals surface area contributed by atoms with Gasteiger partial charge in [0.2, 0.25) is 5.91 Å². The summed E-state index contributed by atoms with van der Waals surface area (Å²) < 4.78 is 0. The van der Waals surface area contributed by atoms with Crippen molar-refractivity contribution in [3.05, 3.63) is 0 Å². The summed E-state index contributed by atoms with van der Waals surface area (Å²) in [6, 6.07) is -1.72. The lowest BCUT2D eigenvalue weighted by atomic mass is 10.1. The molecule has 0 heterocycles. The van der Waals surface area contributed by atoms with Crippen LogP contribution >= 0.6 is 0 Å². The second-order valence-corrected chi connectivity index (χ2v) is 6.14. The van der Waals surface area contributed by atoms with Crippen LogP contribution in [-0.2, 0) is 19.2 Å². The fourth-order valence-electron chi connectivity index (χ4n) is 1.48. The van der Waals surface area contributed by atoms with Gasteiger partial charge in [0.1, 0.15) is 37.0 Å². The molecule has 0 bridgehead atoms. The monoisotopic (exact) mass is 458 g/mol. The molecule has 0 aromatic heterocycles. The Balaban J connectivity index is -0.000000384. The van der Waals surface area contributed by atoms with Crippen molar-refractivity contribution in [2.45, 2.75) is 56.1 Å². The minimum atomic E-state index is -1.86. The van der Waals surface area contributed by atoms with E-state index in [4.69, 9.17) is 58.7 Å². The van der Waals surface area contributed by atoms with Crippen molar-refractivity contribution < 1.29 is 54.9 Å². The summed E-state index contributed by atoms with van der Waals surface area (Å²) in [7, 11) is 0. The van der Waals surface area contributed by atoms with Gasteiger partial charge in [0.15, 0.2) is 5.78 Å². The Morgan fingerprint density at radius 1 is 0.839 bits per heavy atom. The molecule has 0 aliphatic rings. The molecule has 0 rings (SSSR count). The van der Waals surface area contributed by atoms with Gasteiger partial charge in [-0.05, 0) is 25.8 Å². The van der Waals surface area contributed by atoms with Crippen LogP contribution in [0.1, 0.15) is 25.7 Å². The second-order valence-electron chi connectivity index (χ2n) is 6.14. The zero-order valence-electron chi connectivity index (χ0n) is 16.9. The quantitative estimate of drug-likeness (QED) is 0.123. The third-order valence-corrected chi connectivity index (χ3v) is 3.45. The van der Waals surface area contributed by atoms with Crippen molar-refractivity contribution >= 4 is 23.6 Å². The van der Waals surface area contributed by atoms with E-state index in [1.807, 2.05) is 0 Å². The van der Waals surface area contributed by atoms with E-state index in [1.54, 1.807) is 0 Å². The molecule has 184 valence electrons. The topological polar surface area (TPSA) is 314 Å². The first kappa shape index (κ1) is 33.4. The van der Waals surface area contributed by atoms with Crippen LogP contribution in [0.4, 0.5) is 0 Å². The number of carboxylic acid groups (broad SMARTS) is 2. The first-order chi connectivity index (χ1) is 14.3. The van der Waals surface area contributed by atoms with Crippen LogP contribution in [0, 0.1) is 0 Å². The number of hydrogen-bond donors (Lipinski definition) is 11. The Morgan fingerprint density at radius 3 is 1.61 bits per heavy atom. The molecule has 15 heteroatoms. The van der Waals surface area contributed by atoms with E-state index in [0.29, 0.717) is 19.4 Å². The average Bonchev–Trinajstić information content (AvgIpc) is 2.73. The molecule has 0 spiro atoms. The summed E-state index contributed by atoms with van der Waals surface area (Å²) in [4.78, 5) is 40.7. The number of carbonyl (C=O) groups is 4. The van der Waals surface area contributed by atoms with E-state index in [2.05, 4.69) is 0 Å². The maximum absolute atomic E-state index is 10.5. The van der Waals surface area contributed by atoms with Crippen LogP contribution in [0.25, 0.3) is 0 Å². The van der Waals surface area contributed by atoms with Crippen molar-refractivity contribution in [2.24, 2.45) is 22.9 Å². The highest BCUT2D eigenvalue weighted by molar-refractivity contribution is 5.84. The van der Waals surface area contributed by atoms with Gasteiger partial charge in [0, 0.05) is 6.42 Å². The maximum Gasteiger partial charge on any atom is 0.320 e. The number of ketones is 1. The summed E-state index contributed by atoms with van der Waals surface area (Å²) in [6.07, 6.45) is -3.96. The SMILES string of the molecule is NC(=O)CC[C@H](N)C(=O)O.NCCC[C@H](N)C(=O)O.O=C(CO)[C@@H](O)[C@H](O)[C@H](O)CO. The number of carbonyl (C=O) groups excluding carboxylic acids is 2. The van der Waals surface area contributed by atoms with Crippen molar-refractivity contribution in [2.75, 3.05) is 19.8 Å². The minimum absolute atomic E-state index is 0.0213. The van der Waals surface area contributed by atoms with Crippen LogP contribution in [0.5, 0.6) is 0 Å². The van der Waals surface area contributed by atoms with Crippen molar-refractivity contribution in [1.29, 1.82) is 0 Å². The summed E-state index contributed by atoms with van der Waals surface area (Å²) >= 11 is 0. The lowest BCUT2D eigenvalue weighted by Gasteiger charge is -2.19. The zero-order valence-corrected chi connectivity index (χ0v) is 16.9. The molecular formula is C16H34N4O11. The Bertz CT molecular complexity index is 536. The fourth-order valence-corrected chi connectivity index (χ4v) is 1.48. The van der Waals surface area contributed by atoms with Gasteiger partial charge in [0.25, 0.3) is 0 Å². The minimum Gasteiger partial charge on any atom is -0.480 e. The normalized spacial score (nSPS) is 15.0. The van der Waals surface area contributed by atoms with Gasteiger partial charge in [-0.15, -0.1) is 0 Å².